The molecule has 0 radical (unpaired) electrons. The minimum Gasteiger partial charge on any atom is -0.379 e. The molecule has 1 heterocycles. The third-order valence-corrected chi connectivity index (χ3v) is 4.96. The zero-order valence-electron chi connectivity index (χ0n) is 15.4. The zero-order chi connectivity index (χ0) is 19.9. The molecule has 0 spiro atoms. The van der Waals surface area contributed by atoms with Gasteiger partial charge in [-0.25, -0.2) is 4.39 Å². The number of nitrogens with zero attached hydrogens (tertiary/aromatic N) is 1. The summed E-state index contributed by atoms with van der Waals surface area (Å²) >= 11 is 5.63. The quantitative estimate of drug-likeness (QED) is 0.721. The van der Waals surface area contributed by atoms with Gasteiger partial charge in [-0.2, -0.15) is 0 Å². The summed E-state index contributed by atoms with van der Waals surface area (Å²) in [6.07, 6.45) is -0.171. The average Bonchev–Trinajstić information content (AvgIpc) is 2.70. The number of Topliss-reactive ketones (excluding diaryl/α,β-unsaturated/α-hetero) is 1. The van der Waals surface area contributed by atoms with Crippen LogP contribution in [-0.4, -0.2) is 42.9 Å². The maximum absolute atomic E-state index is 13.5. The van der Waals surface area contributed by atoms with Gasteiger partial charge in [0.1, 0.15) is 5.82 Å². The maximum Gasteiger partial charge on any atom is 0.287 e. The van der Waals surface area contributed by atoms with Gasteiger partial charge in [-0.1, -0.05) is 41.9 Å². The lowest BCUT2D eigenvalue weighted by Crippen LogP contribution is -2.36. The first-order valence-corrected chi connectivity index (χ1v) is 9.52. The second kappa shape index (κ2) is 9.78. The molecule has 0 aromatic heterocycles. The van der Waals surface area contributed by atoms with Crippen molar-refractivity contribution in [3.63, 3.8) is 0 Å². The van der Waals surface area contributed by atoms with Crippen molar-refractivity contribution in [2.75, 3.05) is 26.3 Å². The number of ether oxygens (including phenoxy) is 1. The Morgan fingerprint density at radius 3 is 2.54 bits per heavy atom. The van der Waals surface area contributed by atoms with Gasteiger partial charge in [-0.15, -0.1) is 0 Å². The molecule has 0 aliphatic carbocycles. The van der Waals surface area contributed by atoms with Gasteiger partial charge in [0.25, 0.3) is 5.91 Å². The van der Waals surface area contributed by atoms with E-state index in [9.17, 15) is 14.0 Å². The van der Waals surface area contributed by atoms with Crippen molar-refractivity contribution in [1.82, 2.24) is 10.2 Å². The Balaban J connectivity index is 1.56. The Morgan fingerprint density at radius 1 is 1.11 bits per heavy atom. The molecule has 2 aromatic carbocycles. The number of nitrogens with one attached hydrogen (secondary N) is 1. The first-order valence-electron chi connectivity index (χ1n) is 9.15. The fourth-order valence-corrected chi connectivity index (χ4v) is 3.19. The minimum atomic E-state index is -0.684. The normalized spacial score (nSPS) is 14.6. The van der Waals surface area contributed by atoms with Gasteiger partial charge in [-0.3, -0.25) is 14.5 Å². The zero-order valence-corrected chi connectivity index (χ0v) is 16.2. The van der Waals surface area contributed by atoms with E-state index in [2.05, 4.69) is 10.2 Å². The van der Waals surface area contributed by atoms with Crippen molar-refractivity contribution in [2.45, 2.75) is 19.5 Å². The van der Waals surface area contributed by atoms with Crippen LogP contribution in [0.2, 0.25) is 5.02 Å². The van der Waals surface area contributed by atoms with Crippen molar-refractivity contribution >= 4 is 23.3 Å². The number of benzene rings is 2. The van der Waals surface area contributed by atoms with Crippen LogP contribution in [0.3, 0.4) is 0 Å². The average molecular weight is 405 g/mol. The molecule has 1 aliphatic heterocycles. The van der Waals surface area contributed by atoms with Crippen molar-refractivity contribution < 1.29 is 18.7 Å². The van der Waals surface area contributed by atoms with E-state index >= 15 is 0 Å². The summed E-state index contributed by atoms with van der Waals surface area (Å²) in [4.78, 5) is 26.6. The Hall–Kier alpha value is -2.28. The number of morpholine rings is 1. The molecule has 28 heavy (non-hydrogen) atoms. The number of halogens is 2. The Kier molecular flexibility index (Phi) is 7.14. The summed E-state index contributed by atoms with van der Waals surface area (Å²) in [6.45, 7) is 4.22. The second-order valence-corrected chi connectivity index (χ2v) is 7.10. The molecule has 1 fully saturated rings. The van der Waals surface area contributed by atoms with Crippen molar-refractivity contribution in [2.24, 2.45) is 0 Å². The number of carbonyl (C=O) groups is 2. The molecule has 5 nitrogen and oxygen atoms in total. The van der Waals surface area contributed by atoms with Gasteiger partial charge in [0.15, 0.2) is 0 Å². The lowest BCUT2D eigenvalue weighted by molar-refractivity contribution is -0.137. The Bertz CT molecular complexity index is 853. The lowest BCUT2D eigenvalue weighted by atomic mass is 10.1. The van der Waals surface area contributed by atoms with Gasteiger partial charge < -0.3 is 10.1 Å². The molecule has 0 unspecified atom stereocenters. The Morgan fingerprint density at radius 2 is 1.82 bits per heavy atom. The van der Waals surface area contributed by atoms with Crippen LogP contribution in [0.4, 0.5) is 4.39 Å². The smallest absolute Gasteiger partial charge is 0.287 e. The number of ketones is 1. The number of amides is 1. The summed E-state index contributed by atoms with van der Waals surface area (Å²) in [5.74, 6) is -1.91. The molecule has 1 saturated heterocycles. The fraction of sp³-hybridized carbons (Fsp3) is 0.333. The van der Waals surface area contributed by atoms with Crippen molar-refractivity contribution in [3.8, 4) is 0 Å². The largest absolute Gasteiger partial charge is 0.379 e. The van der Waals surface area contributed by atoms with Crippen LogP contribution in [0.15, 0.2) is 42.5 Å². The third kappa shape index (κ3) is 5.61. The van der Waals surface area contributed by atoms with Gasteiger partial charge in [0, 0.05) is 32.6 Å². The van der Waals surface area contributed by atoms with E-state index in [4.69, 9.17) is 16.3 Å². The van der Waals surface area contributed by atoms with Crippen LogP contribution in [-0.2, 0) is 33.8 Å². The first-order chi connectivity index (χ1) is 13.5. The standard InChI is InChI=1S/C21H22ClFN2O3/c22-18-6-5-15(11-19(18)23)12-20(26)21(27)24-13-16-3-1-2-4-17(16)14-25-7-9-28-10-8-25/h1-6,11H,7-10,12-14H2,(H,24,27). The number of hydrogen-bond acceptors (Lipinski definition) is 4. The van der Waals surface area contributed by atoms with Crippen LogP contribution >= 0.6 is 11.6 Å². The van der Waals surface area contributed by atoms with Crippen molar-refractivity contribution in [3.05, 3.63) is 70.0 Å². The number of hydrogen-bond donors (Lipinski definition) is 1. The predicted molar refractivity (Wildman–Crippen MR) is 105 cm³/mol. The van der Waals surface area contributed by atoms with E-state index < -0.39 is 17.5 Å². The first kappa shape index (κ1) is 20.5. The number of carbonyl (C=O) groups excluding carboxylic acids is 2. The summed E-state index contributed by atoms with van der Waals surface area (Å²) in [7, 11) is 0. The molecule has 1 aliphatic rings. The summed E-state index contributed by atoms with van der Waals surface area (Å²) < 4.78 is 18.9. The summed E-state index contributed by atoms with van der Waals surface area (Å²) in [5.41, 5.74) is 2.49. The highest BCUT2D eigenvalue weighted by molar-refractivity contribution is 6.36. The van der Waals surface area contributed by atoms with Crippen molar-refractivity contribution in [1.29, 1.82) is 0 Å². The fourth-order valence-electron chi connectivity index (χ4n) is 3.07. The van der Waals surface area contributed by atoms with E-state index in [0.29, 0.717) is 5.56 Å². The van der Waals surface area contributed by atoms with E-state index in [1.807, 2.05) is 24.3 Å². The maximum atomic E-state index is 13.5. The second-order valence-electron chi connectivity index (χ2n) is 6.69. The Labute approximate surface area is 168 Å². The molecule has 2 aromatic rings. The summed E-state index contributed by atoms with van der Waals surface area (Å²) in [6, 6.07) is 11.9. The van der Waals surface area contributed by atoms with E-state index in [1.165, 1.54) is 18.2 Å². The molecular weight excluding hydrogens is 383 g/mol. The molecule has 1 amide bonds. The van der Waals surface area contributed by atoms with Crippen LogP contribution in [0, 0.1) is 5.82 Å². The number of rotatable bonds is 7. The van der Waals surface area contributed by atoms with Crippen LogP contribution in [0.5, 0.6) is 0 Å². The highest BCUT2D eigenvalue weighted by atomic mass is 35.5. The van der Waals surface area contributed by atoms with Crippen LogP contribution in [0.1, 0.15) is 16.7 Å². The van der Waals surface area contributed by atoms with Gasteiger partial charge in [0.2, 0.25) is 5.78 Å². The molecule has 3 rings (SSSR count). The third-order valence-electron chi connectivity index (χ3n) is 4.66. The van der Waals surface area contributed by atoms with Gasteiger partial charge >= 0.3 is 0 Å². The van der Waals surface area contributed by atoms with Gasteiger partial charge in [-0.05, 0) is 28.8 Å². The highest BCUT2D eigenvalue weighted by Crippen LogP contribution is 2.16. The van der Waals surface area contributed by atoms with Crippen LogP contribution in [0.25, 0.3) is 0 Å². The molecule has 0 atom stereocenters. The SMILES string of the molecule is O=C(Cc1ccc(Cl)c(F)c1)C(=O)NCc1ccccc1CN1CCOCC1. The lowest BCUT2D eigenvalue weighted by Gasteiger charge is -2.27. The monoisotopic (exact) mass is 404 g/mol. The van der Waals surface area contributed by atoms with E-state index in [0.717, 1.165) is 44.0 Å². The van der Waals surface area contributed by atoms with E-state index in [-0.39, 0.29) is 18.0 Å². The topological polar surface area (TPSA) is 58.6 Å². The minimum absolute atomic E-state index is 0.0162. The molecule has 0 saturated carbocycles. The summed E-state index contributed by atoms with van der Waals surface area (Å²) in [5, 5.41) is 2.65. The van der Waals surface area contributed by atoms with Crippen LogP contribution < -0.4 is 5.32 Å². The molecule has 1 N–H and O–H groups in total. The van der Waals surface area contributed by atoms with E-state index in [1.54, 1.807) is 0 Å². The molecule has 0 bridgehead atoms. The predicted octanol–water partition coefficient (Wildman–Crippen LogP) is 2.74. The molecule has 148 valence electrons. The molecular formula is C21H22ClFN2O3. The molecule has 7 heteroatoms. The highest BCUT2D eigenvalue weighted by Gasteiger charge is 2.17. The van der Waals surface area contributed by atoms with Gasteiger partial charge in [0.05, 0.1) is 18.2 Å².